The van der Waals surface area contributed by atoms with E-state index >= 15 is 0 Å². The van der Waals surface area contributed by atoms with E-state index in [1.807, 2.05) is 18.2 Å². The van der Waals surface area contributed by atoms with Gasteiger partial charge >= 0.3 is 0 Å². The molecule has 1 aliphatic heterocycles. The lowest BCUT2D eigenvalue weighted by Crippen LogP contribution is -2.48. The lowest BCUT2D eigenvalue weighted by atomic mass is 10.1. The molecule has 2 aromatic carbocycles. The van der Waals surface area contributed by atoms with Crippen LogP contribution < -0.4 is 0 Å². The van der Waals surface area contributed by atoms with Crippen molar-refractivity contribution >= 4 is 27.5 Å². The third-order valence-corrected chi connectivity index (χ3v) is 5.45. The summed E-state index contributed by atoms with van der Waals surface area (Å²) in [5, 5.41) is 1.10. The Balaban J connectivity index is 1.37. The maximum absolute atomic E-state index is 13.3. The first-order chi connectivity index (χ1) is 12.2. The molecule has 0 radical (unpaired) electrons. The second-order valence-corrected chi connectivity index (χ2v) is 7.27. The molecule has 1 saturated heterocycles. The van der Waals surface area contributed by atoms with Crippen LogP contribution in [0.5, 0.6) is 0 Å². The molecule has 1 aromatic heterocycles. The third kappa shape index (κ3) is 3.55. The van der Waals surface area contributed by atoms with Crippen molar-refractivity contribution in [3.05, 3.63) is 64.9 Å². The van der Waals surface area contributed by atoms with Crippen LogP contribution in [0.4, 0.5) is 4.39 Å². The molecule has 25 heavy (non-hydrogen) atoms. The van der Waals surface area contributed by atoms with Gasteiger partial charge in [0.05, 0.1) is 16.8 Å². The Morgan fingerprint density at radius 1 is 1.08 bits per heavy atom. The van der Waals surface area contributed by atoms with E-state index < -0.39 is 0 Å². The van der Waals surface area contributed by atoms with Crippen molar-refractivity contribution < 1.29 is 9.18 Å². The predicted octanol–water partition coefficient (Wildman–Crippen LogP) is 3.39. The largest absolute Gasteiger partial charge is 0.336 e. The summed E-state index contributed by atoms with van der Waals surface area (Å²) in [7, 11) is 0. The van der Waals surface area contributed by atoms with E-state index in [0.717, 1.165) is 30.2 Å². The maximum Gasteiger partial charge on any atom is 0.254 e. The van der Waals surface area contributed by atoms with Gasteiger partial charge in [-0.25, -0.2) is 9.37 Å². The quantitative estimate of drug-likeness (QED) is 0.723. The Morgan fingerprint density at radius 2 is 1.88 bits per heavy atom. The number of benzene rings is 2. The smallest absolute Gasteiger partial charge is 0.254 e. The molecule has 1 fully saturated rings. The van der Waals surface area contributed by atoms with Crippen LogP contribution in [-0.4, -0.2) is 46.9 Å². The van der Waals surface area contributed by atoms with Crippen molar-refractivity contribution in [2.75, 3.05) is 26.2 Å². The number of piperazine rings is 1. The van der Waals surface area contributed by atoms with E-state index in [1.54, 1.807) is 28.4 Å². The fourth-order valence-corrected chi connectivity index (χ4v) is 4.10. The topological polar surface area (TPSA) is 36.4 Å². The van der Waals surface area contributed by atoms with Gasteiger partial charge in [-0.15, -0.1) is 11.3 Å². The standard InChI is InChI=1S/C19H18FN3OS/c20-15-5-3-4-14(12-15)19(24)23-10-8-22(9-11-23)13-18-21-16-6-1-2-7-17(16)25-18/h1-7,12H,8-11,13H2. The Labute approximate surface area is 149 Å². The number of thiazole rings is 1. The molecular weight excluding hydrogens is 337 g/mol. The van der Waals surface area contributed by atoms with Crippen LogP contribution in [0.2, 0.25) is 0 Å². The van der Waals surface area contributed by atoms with E-state index in [4.69, 9.17) is 0 Å². The summed E-state index contributed by atoms with van der Waals surface area (Å²) in [6, 6.07) is 14.0. The minimum absolute atomic E-state index is 0.0980. The summed E-state index contributed by atoms with van der Waals surface area (Å²) in [6.45, 7) is 3.72. The predicted molar refractivity (Wildman–Crippen MR) is 97.2 cm³/mol. The minimum atomic E-state index is -0.375. The second kappa shape index (κ2) is 6.90. The van der Waals surface area contributed by atoms with Crippen LogP contribution in [-0.2, 0) is 6.54 Å². The highest BCUT2D eigenvalue weighted by molar-refractivity contribution is 7.18. The van der Waals surface area contributed by atoms with Crippen molar-refractivity contribution in [1.82, 2.24) is 14.8 Å². The Bertz CT molecular complexity index is 869. The van der Waals surface area contributed by atoms with E-state index in [2.05, 4.69) is 16.0 Å². The monoisotopic (exact) mass is 355 g/mol. The molecule has 0 bridgehead atoms. The molecule has 3 aromatic rings. The van der Waals surface area contributed by atoms with Gasteiger partial charge in [0.25, 0.3) is 5.91 Å². The molecule has 6 heteroatoms. The van der Waals surface area contributed by atoms with Gasteiger partial charge in [-0.3, -0.25) is 9.69 Å². The summed E-state index contributed by atoms with van der Waals surface area (Å²) in [4.78, 5) is 21.2. The van der Waals surface area contributed by atoms with Crippen molar-refractivity contribution in [3.63, 3.8) is 0 Å². The zero-order chi connectivity index (χ0) is 17.2. The van der Waals surface area contributed by atoms with Crippen molar-refractivity contribution in [2.24, 2.45) is 0 Å². The average molecular weight is 355 g/mol. The fourth-order valence-electron chi connectivity index (χ4n) is 3.09. The van der Waals surface area contributed by atoms with Crippen LogP contribution in [0.3, 0.4) is 0 Å². The summed E-state index contributed by atoms with van der Waals surface area (Å²) in [5.41, 5.74) is 1.46. The molecule has 0 unspecified atom stereocenters. The van der Waals surface area contributed by atoms with Gasteiger partial charge in [-0.05, 0) is 30.3 Å². The van der Waals surface area contributed by atoms with E-state index in [1.165, 1.54) is 16.8 Å². The van der Waals surface area contributed by atoms with Crippen LogP contribution >= 0.6 is 11.3 Å². The number of hydrogen-bond donors (Lipinski definition) is 0. The van der Waals surface area contributed by atoms with E-state index in [0.29, 0.717) is 18.7 Å². The first-order valence-electron chi connectivity index (χ1n) is 8.31. The highest BCUT2D eigenvalue weighted by Gasteiger charge is 2.23. The van der Waals surface area contributed by atoms with Crippen molar-refractivity contribution in [3.8, 4) is 0 Å². The lowest BCUT2D eigenvalue weighted by molar-refractivity contribution is 0.0628. The summed E-state index contributed by atoms with van der Waals surface area (Å²) >= 11 is 1.72. The first kappa shape index (κ1) is 16.2. The number of amides is 1. The Morgan fingerprint density at radius 3 is 2.64 bits per heavy atom. The number of carbonyl (C=O) groups excluding carboxylic acids is 1. The number of hydrogen-bond acceptors (Lipinski definition) is 4. The number of para-hydroxylation sites is 1. The van der Waals surface area contributed by atoms with E-state index in [-0.39, 0.29) is 11.7 Å². The number of halogens is 1. The number of aromatic nitrogens is 1. The maximum atomic E-state index is 13.3. The highest BCUT2D eigenvalue weighted by Crippen LogP contribution is 2.23. The van der Waals surface area contributed by atoms with Crippen molar-refractivity contribution in [1.29, 1.82) is 0 Å². The van der Waals surface area contributed by atoms with Gasteiger partial charge in [-0.2, -0.15) is 0 Å². The zero-order valence-corrected chi connectivity index (χ0v) is 14.5. The zero-order valence-electron chi connectivity index (χ0n) is 13.7. The number of fused-ring (bicyclic) bond motifs is 1. The molecule has 2 heterocycles. The lowest BCUT2D eigenvalue weighted by Gasteiger charge is -2.34. The molecule has 0 spiro atoms. The average Bonchev–Trinajstić information content (AvgIpc) is 3.04. The molecule has 128 valence electrons. The molecule has 0 N–H and O–H groups in total. The third-order valence-electron chi connectivity index (χ3n) is 4.43. The number of carbonyl (C=O) groups is 1. The minimum Gasteiger partial charge on any atom is -0.336 e. The van der Waals surface area contributed by atoms with Gasteiger partial charge in [0.1, 0.15) is 10.8 Å². The highest BCUT2D eigenvalue weighted by atomic mass is 32.1. The molecular formula is C19H18FN3OS. The summed E-state index contributed by atoms with van der Waals surface area (Å²) < 4.78 is 14.5. The summed E-state index contributed by atoms with van der Waals surface area (Å²) in [6.07, 6.45) is 0. The molecule has 4 nitrogen and oxygen atoms in total. The van der Waals surface area contributed by atoms with Crippen LogP contribution in [0, 0.1) is 5.82 Å². The van der Waals surface area contributed by atoms with Crippen molar-refractivity contribution in [2.45, 2.75) is 6.54 Å². The van der Waals surface area contributed by atoms with Crippen LogP contribution in [0.25, 0.3) is 10.2 Å². The molecule has 1 amide bonds. The van der Waals surface area contributed by atoms with Crippen LogP contribution in [0.1, 0.15) is 15.4 Å². The van der Waals surface area contributed by atoms with Gasteiger partial charge in [0.2, 0.25) is 0 Å². The van der Waals surface area contributed by atoms with Gasteiger partial charge < -0.3 is 4.90 Å². The molecule has 0 aliphatic carbocycles. The Hall–Kier alpha value is -2.31. The number of rotatable bonds is 3. The fraction of sp³-hybridized carbons (Fsp3) is 0.263. The Kier molecular flexibility index (Phi) is 4.46. The van der Waals surface area contributed by atoms with Gasteiger partial charge in [-0.1, -0.05) is 18.2 Å². The summed E-state index contributed by atoms with van der Waals surface area (Å²) in [5.74, 6) is -0.473. The SMILES string of the molecule is O=C(c1cccc(F)c1)N1CCN(Cc2nc3ccccc3s2)CC1. The van der Waals surface area contributed by atoms with Gasteiger partial charge in [0.15, 0.2) is 0 Å². The van der Waals surface area contributed by atoms with Gasteiger partial charge in [0, 0.05) is 31.7 Å². The van der Waals surface area contributed by atoms with Crippen LogP contribution in [0.15, 0.2) is 48.5 Å². The second-order valence-electron chi connectivity index (χ2n) is 6.15. The first-order valence-corrected chi connectivity index (χ1v) is 9.12. The molecule has 1 aliphatic rings. The number of nitrogens with zero attached hydrogens (tertiary/aromatic N) is 3. The molecule has 4 rings (SSSR count). The molecule has 0 atom stereocenters. The molecule has 0 saturated carbocycles. The van der Waals surface area contributed by atoms with E-state index in [9.17, 15) is 9.18 Å². The normalized spacial score (nSPS) is 15.6.